The molecule has 0 radical (unpaired) electrons. The fourth-order valence-electron chi connectivity index (χ4n) is 4.43. The summed E-state index contributed by atoms with van der Waals surface area (Å²) in [4.78, 5) is 31.6. The van der Waals surface area contributed by atoms with Crippen molar-refractivity contribution in [3.05, 3.63) is 34.8 Å². The van der Waals surface area contributed by atoms with Crippen molar-refractivity contribution >= 4 is 23.4 Å². The topological polar surface area (TPSA) is 89.0 Å². The van der Waals surface area contributed by atoms with E-state index in [0.717, 1.165) is 28.3 Å². The van der Waals surface area contributed by atoms with Gasteiger partial charge < -0.3 is 19.5 Å². The number of carboxylic acids is 1. The monoisotopic (exact) mass is 444 g/mol. The van der Waals surface area contributed by atoms with Crippen molar-refractivity contribution in [1.29, 1.82) is 0 Å². The molecule has 2 aromatic rings. The van der Waals surface area contributed by atoms with Crippen LogP contribution in [0, 0.1) is 6.92 Å². The van der Waals surface area contributed by atoms with Crippen LogP contribution in [0.2, 0.25) is 0 Å². The molecule has 0 saturated carbocycles. The number of aromatic carboxylic acids is 1. The van der Waals surface area contributed by atoms with Gasteiger partial charge in [-0.3, -0.25) is 0 Å². The number of carboxylic acid groups (broad SMARTS) is 1. The molecule has 3 atom stereocenters. The molecule has 7 nitrogen and oxygen atoms in total. The zero-order valence-electron chi connectivity index (χ0n) is 18.3. The molecule has 2 bridgehead atoms. The predicted molar refractivity (Wildman–Crippen MR) is 118 cm³/mol. The van der Waals surface area contributed by atoms with Crippen LogP contribution in [0.5, 0.6) is 5.75 Å². The number of rotatable bonds is 4. The van der Waals surface area contributed by atoms with Gasteiger partial charge in [-0.05, 0) is 58.7 Å². The molecule has 2 fully saturated rings. The molecule has 2 saturated heterocycles. The largest absolute Gasteiger partial charge is 0.490 e. The molecule has 4 rings (SSSR count). The van der Waals surface area contributed by atoms with Crippen LogP contribution in [0.15, 0.2) is 24.4 Å². The molecular weight excluding hydrogens is 416 g/mol. The molecule has 3 heterocycles. The van der Waals surface area contributed by atoms with Crippen LogP contribution in [0.25, 0.3) is 10.6 Å². The van der Waals surface area contributed by atoms with E-state index in [0.29, 0.717) is 18.6 Å². The highest BCUT2D eigenvalue weighted by atomic mass is 32.1. The first kappa shape index (κ1) is 21.6. The second-order valence-electron chi connectivity index (χ2n) is 9.31. The fraction of sp³-hybridized carbons (Fsp3) is 0.522. The third kappa shape index (κ3) is 4.84. The minimum Gasteiger partial charge on any atom is -0.490 e. The number of fused-ring (bicyclic) bond motifs is 2. The first-order valence-electron chi connectivity index (χ1n) is 10.6. The zero-order valence-corrected chi connectivity index (χ0v) is 19.1. The SMILES string of the molecule is Cc1cnc(-c2cc(O[C@H]3C[C@H]4CC[C@@H](C3)N4C(=O)OC(C)(C)C)cc(C(=O)O)c2)s1. The van der Waals surface area contributed by atoms with Crippen LogP contribution in [0.1, 0.15) is 61.7 Å². The number of hydrogen-bond acceptors (Lipinski definition) is 6. The van der Waals surface area contributed by atoms with Crippen LogP contribution < -0.4 is 4.74 Å². The zero-order chi connectivity index (χ0) is 22.3. The van der Waals surface area contributed by atoms with Gasteiger partial charge in [-0.2, -0.15) is 0 Å². The third-order valence-corrected chi connectivity index (χ3v) is 6.58. The Kier molecular flexibility index (Phi) is 5.68. The maximum absolute atomic E-state index is 12.7. The molecular formula is C23H28N2O5S. The highest BCUT2D eigenvalue weighted by molar-refractivity contribution is 7.14. The maximum Gasteiger partial charge on any atom is 0.410 e. The van der Waals surface area contributed by atoms with Gasteiger partial charge in [0.25, 0.3) is 0 Å². The van der Waals surface area contributed by atoms with E-state index >= 15 is 0 Å². The summed E-state index contributed by atoms with van der Waals surface area (Å²) >= 11 is 1.52. The summed E-state index contributed by atoms with van der Waals surface area (Å²) in [6.45, 7) is 7.59. The number of amides is 1. The number of ether oxygens (including phenoxy) is 2. The van der Waals surface area contributed by atoms with Crippen molar-refractivity contribution in [3.63, 3.8) is 0 Å². The quantitative estimate of drug-likeness (QED) is 0.704. The van der Waals surface area contributed by atoms with Gasteiger partial charge in [0.2, 0.25) is 0 Å². The summed E-state index contributed by atoms with van der Waals surface area (Å²) in [5.41, 5.74) is 0.391. The Bertz CT molecular complexity index is 982. The number of aromatic nitrogens is 1. The standard InChI is InChI=1S/C23H28N2O5S/c1-13-12-24-20(31-13)14-7-15(21(26)27)9-18(8-14)29-19-10-16-5-6-17(11-19)25(16)22(28)30-23(2,3)4/h7-9,12,16-17,19H,5-6,10-11H2,1-4H3,(H,26,27)/t16-,17+,19+. The van der Waals surface area contributed by atoms with E-state index < -0.39 is 11.6 Å². The van der Waals surface area contributed by atoms with E-state index in [1.807, 2.05) is 38.7 Å². The Morgan fingerprint density at radius 3 is 2.39 bits per heavy atom. The molecule has 8 heteroatoms. The Balaban J connectivity index is 1.51. The number of hydrogen-bond donors (Lipinski definition) is 1. The van der Waals surface area contributed by atoms with Gasteiger partial charge in [0.05, 0.1) is 5.56 Å². The first-order valence-corrected chi connectivity index (χ1v) is 11.4. The van der Waals surface area contributed by atoms with E-state index in [-0.39, 0.29) is 29.8 Å². The number of thiazole rings is 1. The van der Waals surface area contributed by atoms with Crippen molar-refractivity contribution in [3.8, 4) is 16.3 Å². The van der Waals surface area contributed by atoms with E-state index in [4.69, 9.17) is 9.47 Å². The number of aryl methyl sites for hydroxylation is 1. The minimum absolute atomic E-state index is 0.0777. The second kappa shape index (κ2) is 8.15. The van der Waals surface area contributed by atoms with E-state index in [2.05, 4.69) is 4.98 Å². The van der Waals surface area contributed by atoms with Crippen molar-refractivity contribution in [1.82, 2.24) is 9.88 Å². The molecule has 1 aromatic carbocycles. The Labute approximate surface area is 186 Å². The molecule has 166 valence electrons. The molecule has 1 aromatic heterocycles. The van der Waals surface area contributed by atoms with Gasteiger partial charge in [0.1, 0.15) is 22.5 Å². The van der Waals surface area contributed by atoms with Crippen LogP contribution in [-0.4, -0.2) is 50.8 Å². The molecule has 1 N–H and O–H groups in total. The predicted octanol–water partition coefficient (Wildman–Crippen LogP) is 5.13. The molecule has 0 aliphatic carbocycles. The van der Waals surface area contributed by atoms with Gasteiger partial charge >= 0.3 is 12.1 Å². The molecule has 31 heavy (non-hydrogen) atoms. The highest BCUT2D eigenvalue weighted by Crippen LogP contribution is 2.39. The van der Waals surface area contributed by atoms with Gasteiger partial charge in [-0.25, -0.2) is 14.6 Å². The molecule has 0 unspecified atom stereocenters. The second-order valence-corrected chi connectivity index (χ2v) is 10.5. The average molecular weight is 445 g/mol. The van der Waals surface area contributed by atoms with Crippen molar-refractivity contribution in [2.75, 3.05) is 0 Å². The molecule has 2 aliphatic heterocycles. The van der Waals surface area contributed by atoms with Crippen molar-refractivity contribution in [2.24, 2.45) is 0 Å². The highest BCUT2D eigenvalue weighted by Gasteiger charge is 2.45. The molecule has 2 aliphatic rings. The fourth-order valence-corrected chi connectivity index (χ4v) is 5.18. The van der Waals surface area contributed by atoms with Crippen LogP contribution in [0.4, 0.5) is 4.79 Å². The Morgan fingerprint density at radius 2 is 1.84 bits per heavy atom. The van der Waals surface area contributed by atoms with Crippen LogP contribution >= 0.6 is 11.3 Å². The third-order valence-electron chi connectivity index (χ3n) is 5.62. The smallest absolute Gasteiger partial charge is 0.410 e. The lowest BCUT2D eigenvalue weighted by molar-refractivity contribution is -0.00711. The summed E-state index contributed by atoms with van der Waals surface area (Å²) in [6.07, 6.45) is 4.72. The van der Waals surface area contributed by atoms with E-state index in [1.165, 1.54) is 11.3 Å². The summed E-state index contributed by atoms with van der Waals surface area (Å²) in [5, 5.41) is 10.3. The summed E-state index contributed by atoms with van der Waals surface area (Å²) in [5.74, 6) is -0.474. The van der Waals surface area contributed by atoms with Gasteiger partial charge in [0, 0.05) is 41.6 Å². The lowest BCUT2D eigenvalue weighted by atomic mass is 10.00. The lowest BCUT2D eigenvalue weighted by Gasteiger charge is -2.39. The number of carbonyl (C=O) groups excluding carboxylic acids is 1. The average Bonchev–Trinajstić information content (AvgIpc) is 3.21. The number of piperidine rings is 1. The Morgan fingerprint density at radius 1 is 1.16 bits per heavy atom. The minimum atomic E-state index is -1.00. The van der Waals surface area contributed by atoms with Gasteiger partial charge in [-0.15, -0.1) is 11.3 Å². The number of nitrogens with zero attached hydrogens (tertiary/aromatic N) is 2. The Hall–Kier alpha value is -2.61. The maximum atomic E-state index is 12.7. The summed E-state index contributed by atoms with van der Waals surface area (Å²) in [7, 11) is 0. The van der Waals surface area contributed by atoms with E-state index in [9.17, 15) is 14.7 Å². The molecule has 1 amide bonds. The molecule has 0 spiro atoms. The lowest BCUT2D eigenvalue weighted by Crippen LogP contribution is -2.50. The normalized spacial score (nSPS) is 23.0. The van der Waals surface area contributed by atoms with Crippen LogP contribution in [0.3, 0.4) is 0 Å². The number of benzene rings is 1. The number of carbonyl (C=O) groups is 2. The van der Waals surface area contributed by atoms with Gasteiger partial charge in [0.15, 0.2) is 0 Å². The summed E-state index contributed by atoms with van der Waals surface area (Å²) in [6, 6.07) is 5.22. The van der Waals surface area contributed by atoms with Gasteiger partial charge in [-0.1, -0.05) is 0 Å². The van der Waals surface area contributed by atoms with Crippen molar-refractivity contribution in [2.45, 2.75) is 77.2 Å². The van der Waals surface area contributed by atoms with Crippen LogP contribution in [-0.2, 0) is 4.74 Å². The first-order chi connectivity index (χ1) is 14.6. The van der Waals surface area contributed by atoms with E-state index in [1.54, 1.807) is 18.3 Å². The summed E-state index contributed by atoms with van der Waals surface area (Å²) < 4.78 is 11.9. The van der Waals surface area contributed by atoms with Crippen molar-refractivity contribution < 1.29 is 24.2 Å².